The Labute approximate surface area is 123 Å². The summed E-state index contributed by atoms with van der Waals surface area (Å²) in [5.41, 5.74) is 1.16. The standard InChI is InChI=1S/C14H22N2O3S/c1-13(2,12(18)19-5)14(3,4)16-11(17)7-6-10-8-20-9-15-10/h8-9H,6-7H2,1-5H3,(H,16,17). The second-order valence-electron chi connectivity index (χ2n) is 5.77. The van der Waals surface area contributed by atoms with Gasteiger partial charge in [0.15, 0.2) is 0 Å². The van der Waals surface area contributed by atoms with Crippen molar-refractivity contribution in [1.82, 2.24) is 10.3 Å². The Morgan fingerprint density at radius 2 is 2.00 bits per heavy atom. The number of hydrogen-bond acceptors (Lipinski definition) is 5. The molecule has 1 rings (SSSR count). The molecule has 1 aromatic rings. The maximum Gasteiger partial charge on any atom is 0.313 e. The van der Waals surface area contributed by atoms with Crippen molar-refractivity contribution < 1.29 is 14.3 Å². The van der Waals surface area contributed by atoms with Gasteiger partial charge in [-0.05, 0) is 34.1 Å². The number of carbonyl (C=O) groups excluding carboxylic acids is 2. The van der Waals surface area contributed by atoms with E-state index in [2.05, 4.69) is 10.3 Å². The molecule has 0 aromatic carbocycles. The van der Waals surface area contributed by atoms with Crippen LogP contribution in [0.1, 0.15) is 39.8 Å². The Balaban J connectivity index is 2.61. The van der Waals surface area contributed by atoms with Gasteiger partial charge in [-0.3, -0.25) is 9.59 Å². The van der Waals surface area contributed by atoms with Gasteiger partial charge in [0, 0.05) is 17.3 Å². The van der Waals surface area contributed by atoms with Crippen molar-refractivity contribution >= 4 is 23.2 Å². The summed E-state index contributed by atoms with van der Waals surface area (Å²) in [4.78, 5) is 28.0. The van der Waals surface area contributed by atoms with E-state index in [9.17, 15) is 9.59 Å². The molecule has 1 amide bonds. The van der Waals surface area contributed by atoms with E-state index in [4.69, 9.17) is 4.74 Å². The minimum Gasteiger partial charge on any atom is -0.469 e. The summed E-state index contributed by atoms with van der Waals surface area (Å²) < 4.78 is 4.80. The fraction of sp³-hybridized carbons (Fsp3) is 0.643. The topological polar surface area (TPSA) is 68.3 Å². The van der Waals surface area contributed by atoms with Gasteiger partial charge in [-0.1, -0.05) is 0 Å². The van der Waals surface area contributed by atoms with Crippen LogP contribution in [0.2, 0.25) is 0 Å². The van der Waals surface area contributed by atoms with E-state index in [1.165, 1.54) is 18.4 Å². The van der Waals surface area contributed by atoms with E-state index in [0.717, 1.165) is 5.69 Å². The predicted octanol–water partition coefficient (Wildman–Crippen LogP) is 2.17. The van der Waals surface area contributed by atoms with Crippen LogP contribution in [-0.2, 0) is 20.7 Å². The summed E-state index contributed by atoms with van der Waals surface area (Å²) >= 11 is 1.51. The summed E-state index contributed by atoms with van der Waals surface area (Å²) in [5.74, 6) is -0.442. The highest BCUT2D eigenvalue weighted by atomic mass is 32.1. The molecule has 0 radical (unpaired) electrons. The zero-order valence-electron chi connectivity index (χ0n) is 12.6. The van der Waals surface area contributed by atoms with Gasteiger partial charge in [0.2, 0.25) is 5.91 Å². The first-order valence-electron chi connectivity index (χ1n) is 6.47. The van der Waals surface area contributed by atoms with Crippen LogP contribution in [-0.4, -0.2) is 29.5 Å². The smallest absolute Gasteiger partial charge is 0.313 e. The van der Waals surface area contributed by atoms with Gasteiger partial charge < -0.3 is 10.1 Å². The Hall–Kier alpha value is -1.43. The maximum atomic E-state index is 12.0. The zero-order chi connectivity index (χ0) is 15.4. The van der Waals surface area contributed by atoms with Crippen LogP contribution in [0.4, 0.5) is 0 Å². The molecule has 0 fully saturated rings. The van der Waals surface area contributed by atoms with Gasteiger partial charge in [0.1, 0.15) is 0 Å². The largest absolute Gasteiger partial charge is 0.469 e. The lowest BCUT2D eigenvalue weighted by Crippen LogP contribution is -2.57. The number of ether oxygens (including phenoxy) is 1. The fourth-order valence-corrected chi connectivity index (χ4v) is 2.27. The molecule has 6 heteroatoms. The molecule has 0 aliphatic carbocycles. The lowest BCUT2D eigenvalue weighted by molar-refractivity contribution is -0.155. The van der Waals surface area contributed by atoms with E-state index < -0.39 is 11.0 Å². The van der Waals surface area contributed by atoms with Gasteiger partial charge in [-0.15, -0.1) is 11.3 Å². The summed E-state index contributed by atoms with van der Waals surface area (Å²) in [5, 5.41) is 4.84. The van der Waals surface area contributed by atoms with E-state index in [1.807, 2.05) is 19.2 Å². The Morgan fingerprint density at radius 3 is 2.50 bits per heavy atom. The Morgan fingerprint density at radius 1 is 1.35 bits per heavy atom. The van der Waals surface area contributed by atoms with Crippen LogP contribution in [0.15, 0.2) is 10.9 Å². The number of aromatic nitrogens is 1. The highest BCUT2D eigenvalue weighted by Gasteiger charge is 2.45. The number of nitrogens with one attached hydrogen (secondary N) is 1. The third-order valence-electron chi connectivity index (χ3n) is 3.80. The van der Waals surface area contributed by atoms with Crippen LogP contribution in [0.5, 0.6) is 0 Å². The van der Waals surface area contributed by atoms with Gasteiger partial charge in [-0.25, -0.2) is 4.98 Å². The number of hydrogen-bond donors (Lipinski definition) is 1. The molecule has 0 bridgehead atoms. The normalized spacial score (nSPS) is 12.1. The SMILES string of the molecule is COC(=O)C(C)(C)C(C)(C)NC(=O)CCc1cscn1. The summed E-state index contributed by atoms with van der Waals surface area (Å²) in [7, 11) is 1.35. The second kappa shape index (κ2) is 6.35. The molecular formula is C14H22N2O3S. The van der Waals surface area contributed by atoms with E-state index >= 15 is 0 Å². The maximum absolute atomic E-state index is 12.0. The molecule has 20 heavy (non-hydrogen) atoms. The minimum absolute atomic E-state index is 0.0972. The van der Waals surface area contributed by atoms with Gasteiger partial charge >= 0.3 is 5.97 Å². The number of carbonyl (C=O) groups is 2. The molecular weight excluding hydrogens is 276 g/mol. The van der Waals surface area contributed by atoms with Crippen molar-refractivity contribution in [3.05, 3.63) is 16.6 Å². The third-order valence-corrected chi connectivity index (χ3v) is 4.44. The monoisotopic (exact) mass is 298 g/mol. The molecule has 0 aliphatic heterocycles. The second-order valence-corrected chi connectivity index (χ2v) is 6.49. The molecule has 1 N–H and O–H groups in total. The fourth-order valence-electron chi connectivity index (χ4n) is 1.68. The van der Waals surface area contributed by atoms with Gasteiger partial charge in [0.05, 0.1) is 23.7 Å². The van der Waals surface area contributed by atoms with Crippen molar-refractivity contribution in [2.75, 3.05) is 7.11 Å². The third kappa shape index (κ3) is 3.79. The number of rotatable bonds is 6. The number of aryl methyl sites for hydroxylation is 1. The average molecular weight is 298 g/mol. The molecule has 0 atom stereocenters. The van der Waals surface area contributed by atoms with Gasteiger partial charge in [0.25, 0.3) is 0 Å². The first-order valence-corrected chi connectivity index (χ1v) is 7.41. The molecule has 0 saturated heterocycles. The van der Waals surface area contributed by atoms with Gasteiger partial charge in [-0.2, -0.15) is 0 Å². The lowest BCUT2D eigenvalue weighted by atomic mass is 9.74. The summed E-state index contributed by atoms with van der Waals surface area (Å²) in [6.07, 6.45) is 0.953. The molecule has 0 saturated carbocycles. The molecule has 0 aliphatic rings. The number of nitrogens with zero attached hydrogens (tertiary/aromatic N) is 1. The summed E-state index contributed by atoms with van der Waals surface area (Å²) in [6.45, 7) is 7.18. The van der Waals surface area contributed by atoms with Crippen LogP contribution < -0.4 is 5.32 Å². The first-order chi connectivity index (χ1) is 9.20. The predicted molar refractivity (Wildman–Crippen MR) is 78.5 cm³/mol. The Bertz CT molecular complexity index is 467. The first kappa shape index (κ1) is 16.6. The number of amides is 1. The average Bonchev–Trinajstić information content (AvgIpc) is 2.87. The molecule has 0 unspecified atom stereocenters. The number of esters is 1. The molecule has 5 nitrogen and oxygen atoms in total. The van der Waals surface area contributed by atoms with Crippen molar-refractivity contribution in [2.24, 2.45) is 5.41 Å². The van der Waals surface area contributed by atoms with Crippen molar-refractivity contribution in [2.45, 2.75) is 46.1 Å². The van der Waals surface area contributed by atoms with Crippen molar-refractivity contribution in [3.8, 4) is 0 Å². The quantitative estimate of drug-likeness (QED) is 0.817. The number of thiazole rings is 1. The molecule has 0 spiro atoms. The number of methoxy groups -OCH3 is 1. The van der Waals surface area contributed by atoms with E-state index in [0.29, 0.717) is 12.8 Å². The van der Waals surface area contributed by atoms with E-state index in [-0.39, 0.29) is 11.9 Å². The highest BCUT2D eigenvalue weighted by molar-refractivity contribution is 7.07. The molecule has 1 aromatic heterocycles. The van der Waals surface area contributed by atoms with Crippen LogP contribution in [0, 0.1) is 5.41 Å². The molecule has 1 heterocycles. The van der Waals surface area contributed by atoms with E-state index in [1.54, 1.807) is 19.4 Å². The van der Waals surface area contributed by atoms with Crippen molar-refractivity contribution in [1.29, 1.82) is 0 Å². The van der Waals surface area contributed by atoms with Crippen molar-refractivity contribution in [3.63, 3.8) is 0 Å². The Kier molecular flexibility index (Phi) is 5.28. The summed E-state index contributed by atoms with van der Waals surface area (Å²) in [6, 6.07) is 0. The minimum atomic E-state index is -0.807. The van der Waals surface area contributed by atoms with Crippen LogP contribution in [0.3, 0.4) is 0 Å². The molecule has 112 valence electrons. The zero-order valence-corrected chi connectivity index (χ0v) is 13.5. The highest BCUT2D eigenvalue weighted by Crippen LogP contribution is 2.31. The lowest BCUT2D eigenvalue weighted by Gasteiger charge is -2.39. The van der Waals surface area contributed by atoms with Crippen LogP contribution in [0.25, 0.3) is 0 Å². The van der Waals surface area contributed by atoms with Crippen LogP contribution >= 0.6 is 11.3 Å².